The molecule has 0 unspecified atom stereocenters. The summed E-state index contributed by atoms with van der Waals surface area (Å²) in [6.45, 7) is 2.08. The molecule has 1 aliphatic heterocycles. The summed E-state index contributed by atoms with van der Waals surface area (Å²) in [5, 5.41) is 5.75. The van der Waals surface area contributed by atoms with Gasteiger partial charge in [0.25, 0.3) is 0 Å². The maximum absolute atomic E-state index is 13.7. The highest BCUT2D eigenvalue weighted by Gasteiger charge is 2.24. The molecule has 6 heteroatoms. The second-order valence-electron chi connectivity index (χ2n) is 6.72. The van der Waals surface area contributed by atoms with Gasteiger partial charge in [-0.15, -0.1) is 0 Å². The van der Waals surface area contributed by atoms with Crippen molar-refractivity contribution < 1.29 is 18.7 Å². The van der Waals surface area contributed by atoms with Gasteiger partial charge >= 0.3 is 0 Å². The van der Waals surface area contributed by atoms with Gasteiger partial charge in [-0.2, -0.15) is 0 Å². The second kappa shape index (κ2) is 8.77. The predicted octanol–water partition coefficient (Wildman–Crippen LogP) is 3.36. The van der Waals surface area contributed by atoms with Crippen LogP contribution in [0.25, 0.3) is 0 Å². The van der Waals surface area contributed by atoms with Crippen molar-refractivity contribution in [1.29, 1.82) is 0 Å². The Morgan fingerprint density at radius 1 is 1.19 bits per heavy atom. The first kappa shape index (κ1) is 19.0. The van der Waals surface area contributed by atoms with Crippen LogP contribution in [0.2, 0.25) is 0 Å². The molecule has 1 saturated heterocycles. The van der Waals surface area contributed by atoms with Crippen LogP contribution in [-0.2, 0) is 20.7 Å². The number of carbonyl (C=O) groups is 2. The normalized spacial score (nSPS) is 19.3. The monoisotopic (exact) mass is 370 g/mol. The number of nitrogens with one attached hydrogen (secondary N) is 2. The maximum Gasteiger partial charge on any atom is 0.228 e. The van der Waals surface area contributed by atoms with Crippen LogP contribution >= 0.6 is 0 Å². The largest absolute Gasteiger partial charge is 0.373 e. The Hall–Kier alpha value is -2.73. The van der Waals surface area contributed by atoms with Crippen molar-refractivity contribution in [2.75, 3.05) is 11.9 Å². The fourth-order valence-corrected chi connectivity index (χ4v) is 3.28. The van der Waals surface area contributed by atoms with E-state index in [0.29, 0.717) is 24.3 Å². The number of benzene rings is 2. The first-order valence-corrected chi connectivity index (χ1v) is 9.03. The number of hydrogen-bond donors (Lipinski definition) is 2. The van der Waals surface area contributed by atoms with E-state index >= 15 is 0 Å². The second-order valence-corrected chi connectivity index (χ2v) is 6.72. The molecule has 0 saturated carbocycles. The molecule has 2 N–H and O–H groups in total. The molecule has 1 aliphatic rings. The van der Waals surface area contributed by atoms with Gasteiger partial charge in [0.2, 0.25) is 11.8 Å². The number of carbonyl (C=O) groups excluding carboxylic acids is 2. The van der Waals surface area contributed by atoms with E-state index in [9.17, 15) is 14.0 Å². The van der Waals surface area contributed by atoms with Crippen LogP contribution in [0.5, 0.6) is 0 Å². The van der Waals surface area contributed by atoms with Crippen molar-refractivity contribution in [2.24, 2.45) is 0 Å². The lowest BCUT2D eigenvalue weighted by atomic mass is 9.97. The summed E-state index contributed by atoms with van der Waals surface area (Å²) in [5.74, 6) is -0.714. The average Bonchev–Trinajstić information content (AvgIpc) is 2.63. The van der Waals surface area contributed by atoms with Crippen LogP contribution in [0.4, 0.5) is 10.1 Å². The van der Waals surface area contributed by atoms with E-state index in [1.165, 1.54) is 13.0 Å². The molecule has 3 rings (SSSR count). The molecule has 0 radical (unpaired) electrons. The summed E-state index contributed by atoms with van der Waals surface area (Å²) < 4.78 is 19.5. The van der Waals surface area contributed by atoms with Crippen LogP contribution < -0.4 is 10.6 Å². The minimum Gasteiger partial charge on any atom is -0.373 e. The minimum absolute atomic E-state index is 0.0264. The van der Waals surface area contributed by atoms with Gasteiger partial charge in [-0.05, 0) is 42.2 Å². The van der Waals surface area contributed by atoms with E-state index in [1.54, 1.807) is 24.3 Å². The number of anilines is 1. The zero-order chi connectivity index (χ0) is 19.2. The molecule has 0 spiro atoms. The van der Waals surface area contributed by atoms with Crippen molar-refractivity contribution in [3.05, 3.63) is 65.5 Å². The van der Waals surface area contributed by atoms with Crippen molar-refractivity contribution in [1.82, 2.24) is 5.32 Å². The lowest BCUT2D eigenvalue weighted by Gasteiger charge is -2.30. The van der Waals surface area contributed by atoms with Crippen LogP contribution in [0, 0.1) is 5.82 Å². The first-order chi connectivity index (χ1) is 13.0. The highest BCUT2D eigenvalue weighted by atomic mass is 19.1. The predicted molar refractivity (Wildman–Crippen MR) is 101 cm³/mol. The van der Waals surface area contributed by atoms with E-state index in [1.807, 2.05) is 18.2 Å². The van der Waals surface area contributed by atoms with Crippen LogP contribution in [-0.4, -0.2) is 24.5 Å². The zero-order valence-corrected chi connectivity index (χ0v) is 15.2. The number of amides is 2. The quantitative estimate of drug-likeness (QED) is 0.848. The average molecular weight is 370 g/mol. The van der Waals surface area contributed by atoms with Gasteiger partial charge in [0.05, 0.1) is 12.5 Å². The molecular formula is C21H23FN2O3. The number of ether oxygens (including phenoxy) is 1. The molecule has 2 aromatic carbocycles. The van der Waals surface area contributed by atoms with E-state index in [2.05, 4.69) is 10.6 Å². The van der Waals surface area contributed by atoms with Crippen LogP contribution in [0.3, 0.4) is 0 Å². The molecule has 2 atom stereocenters. The number of rotatable bonds is 5. The summed E-state index contributed by atoms with van der Waals surface area (Å²) in [4.78, 5) is 23.5. The summed E-state index contributed by atoms with van der Waals surface area (Å²) in [7, 11) is 0. The van der Waals surface area contributed by atoms with Gasteiger partial charge in [0, 0.05) is 25.3 Å². The Morgan fingerprint density at radius 2 is 2.00 bits per heavy atom. The van der Waals surface area contributed by atoms with Crippen LogP contribution in [0.1, 0.15) is 37.0 Å². The lowest BCUT2D eigenvalue weighted by molar-refractivity contribution is -0.120. The number of halogens is 1. The molecular weight excluding hydrogens is 347 g/mol. The number of hydrogen-bond acceptors (Lipinski definition) is 3. The van der Waals surface area contributed by atoms with Gasteiger partial charge in [-0.25, -0.2) is 4.39 Å². The minimum atomic E-state index is -0.388. The molecule has 142 valence electrons. The molecule has 0 bridgehead atoms. The summed E-state index contributed by atoms with van der Waals surface area (Å²) >= 11 is 0. The van der Waals surface area contributed by atoms with Gasteiger partial charge in [-0.1, -0.05) is 30.3 Å². The summed E-state index contributed by atoms with van der Waals surface area (Å²) in [6.07, 6.45) is 1.31. The molecule has 5 nitrogen and oxygen atoms in total. The Bertz CT molecular complexity index is 825. The SMILES string of the molecule is CC(=O)N[C@H]1CCO[C@@H](c2cccc(NC(=O)Cc3ccccc3F)c2)C1. The third-order valence-corrected chi connectivity index (χ3v) is 4.54. The third kappa shape index (κ3) is 5.37. The maximum atomic E-state index is 13.7. The molecule has 0 aliphatic carbocycles. The van der Waals surface area contributed by atoms with Gasteiger partial charge in [0.1, 0.15) is 5.82 Å². The van der Waals surface area contributed by atoms with Crippen molar-refractivity contribution >= 4 is 17.5 Å². The van der Waals surface area contributed by atoms with Crippen molar-refractivity contribution in [2.45, 2.75) is 38.3 Å². The lowest BCUT2D eigenvalue weighted by Crippen LogP contribution is -2.38. The Balaban J connectivity index is 1.64. The van der Waals surface area contributed by atoms with Crippen molar-refractivity contribution in [3.8, 4) is 0 Å². The van der Waals surface area contributed by atoms with E-state index < -0.39 is 0 Å². The molecule has 1 fully saturated rings. The van der Waals surface area contributed by atoms with Gasteiger partial charge < -0.3 is 15.4 Å². The fourth-order valence-electron chi connectivity index (χ4n) is 3.28. The smallest absolute Gasteiger partial charge is 0.228 e. The van der Waals surface area contributed by atoms with Crippen molar-refractivity contribution in [3.63, 3.8) is 0 Å². The molecule has 27 heavy (non-hydrogen) atoms. The Kier molecular flexibility index (Phi) is 6.19. The molecule has 1 heterocycles. The van der Waals surface area contributed by atoms with Gasteiger partial charge in [-0.3, -0.25) is 9.59 Å². The highest BCUT2D eigenvalue weighted by Crippen LogP contribution is 2.29. The van der Waals surface area contributed by atoms with Crippen LogP contribution in [0.15, 0.2) is 48.5 Å². The molecule has 2 aromatic rings. The summed E-state index contributed by atoms with van der Waals surface area (Å²) in [6, 6.07) is 13.8. The van der Waals surface area contributed by atoms with Gasteiger partial charge in [0.15, 0.2) is 0 Å². The Labute approximate surface area is 157 Å². The molecule has 0 aromatic heterocycles. The zero-order valence-electron chi connectivity index (χ0n) is 15.2. The fraction of sp³-hybridized carbons (Fsp3) is 0.333. The van der Waals surface area contributed by atoms with E-state index in [-0.39, 0.29) is 36.2 Å². The first-order valence-electron chi connectivity index (χ1n) is 9.03. The standard InChI is InChI=1S/C21H23FN2O3/c1-14(25)23-18-9-10-27-20(13-18)16-6-4-7-17(11-16)24-21(26)12-15-5-2-3-8-19(15)22/h2-8,11,18,20H,9-10,12-13H2,1H3,(H,23,25)(H,24,26)/t18-,20+/m0/s1. The van der Waals surface area contributed by atoms with E-state index in [0.717, 1.165) is 12.0 Å². The summed E-state index contributed by atoms with van der Waals surface area (Å²) in [5.41, 5.74) is 1.94. The Morgan fingerprint density at radius 3 is 2.78 bits per heavy atom. The highest BCUT2D eigenvalue weighted by molar-refractivity contribution is 5.92. The third-order valence-electron chi connectivity index (χ3n) is 4.54. The topological polar surface area (TPSA) is 67.4 Å². The van der Waals surface area contributed by atoms with E-state index in [4.69, 9.17) is 4.74 Å². The molecule has 2 amide bonds.